The highest BCUT2D eigenvalue weighted by Gasteiger charge is 2.26. The van der Waals surface area contributed by atoms with E-state index >= 15 is 0 Å². The molecule has 2 rings (SSSR count). The zero-order valence-corrected chi connectivity index (χ0v) is 7.86. The van der Waals surface area contributed by atoms with Crippen molar-refractivity contribution < 1.29 is 0 Å². The second-order valence-corrected chi connectivity index (χ2v) is 3.94. The van der Waals surface area contributed by atoms with Crippen LogP contribution >= 0.6 is 11.6 Å². The molecule has 0 heterocycles. The highest BCUT2D eigenvalue weighted by atomic mass is 35.5. The number of nitrogens with two attached hydrogens (primary N) is 1. The number of anilines is 1. The van der Waals surface area contributed by atoms with Crippen molar-refractivity contribution in [3.8, 4) is 0 Å². The molecule has 1 fully saturated rings. The summed E-state index contributed by atoms with van der Waals surface area (Å²) < 4.78 is 0. The lowest BCUT2D eigenvalue weighted by Crippen LogP contribution is -1.95. The molecule has 0 radical (unpaired) electrons. The van der Waals surface area contributed by atoms with Gasteiger partial charge in [-0.25, -0.2) is 0 Å². The maximum atomic E-state index is 5.94. The van der Waals surface area contributed by atoms with Crippen LogP contribution in [0.1, 0.15) is 29.9 Å². The zero-order chi connectivity index (χ0) is 8.72. The predicted octanol–water partition coefficient (Wildman–Crippen LogP) is 3.11. The average molecular weight is 182 g/mol. The molecule has 2 heteroatoms. The predicted molar refractivity (Wildman–Crippen MR) is 52.6 cm³/mol. The van der Waals surface area contributed by atoms with Crippen LogP contribution in [0.2, 0.25) is 5.02 Å². The number of hydrogen-bond acceptors (Lipinski definition) is 1. The summed E-state index contributed by atoms with van der Waals surface area (Å²) >= 11 is 5.94. The molecule has 0 saturated heterocycles. The van der Waals surface area contributed by atoms with Crippen molar-refractivity contribution in [3.63, 3.8) is 0 Å². The van der Waals surface area contributed by atoms with E-state index in [-0.39, 0.29) is 0 Å². The standard InChI is InChI=1S/C10H12ClN/c1-6-4-8(11)5-9(10(6)12)7-2-3-7/h4-5,7H,2-3,12H2,1H3. The summed E-state index contributed by atoms with van der Waals surface area (Å²) in [5.41, 5.74) is 9.22. The lowest BCUT2D eigenvalue weighted by Gasteiger charge is -2.07. The Kier molecular flexibility index (Phi) is 1.76. The van der Waals surface area contributed by atoms with Crippen molar-refractivity contribution in [2.24, 2.45) is 0 Å². The summed E-state index contributed by atoms with van der Waals surface area (Å²) in [6.07, 6.45) is 2.54. The smallest absolute Gasteiger partial charge is 0.0412 e. The van der Waals surface area contributed by atoms with E-state index in [1.165, 1.54) is 18.4 Å². The molecule has 0 atom stereocenters. The van der Waals surface area contributed by atoms with Gasteiger partial charge in [0.05, 0.1) is 0 Å². The molecule has 0 spiro atoms. The first-order valence-electron chi connectivity index (χ1n) is 4.24. The fraction of sp³-hybridized carbons (Fsp3) is 0.400. The molecule has 0 aliphatic heterocycles. The molecule has 1 aliphatic carbocycles. The van der Waals surface area contributed by atoms with E-state index in [1.54, 1.807) is 0 Å². The van der Waals surface area contributed by atoms with Crippen LogP contribution in [-0.4, -0.2) is 0 Å². The molecule has 1 nitrogen and oxygen atoms in total. The lowest BCUT2D eigenvalue weighted by atomic mass is 10.0. The monoisotopic (exact) mass is 181 g/mol. The van der Waals surface area contributed by atoms with Crippen LogP contribution in [0.15, 0.2) is 12.1 Å². The van der Waals surface area contributed by atoms with Crippen LogP contribution in [0.4, 0.5) is 5.69 Å². The van der Waals surface area contributed by atoms with Crippen molar-refractivity contribution >= 4 is 17.3 Å². The number of rotatable bonds is 1. The Balaban J connectivity index is 2.51. The van der Waals surface area contributed by atoms with Gasteiger partial charge >= 0.3 is 0 Å². The third kappa shape index (κ3) is 1.29. The highest BCUT2D eigenvalue weighted by molar-refractivity contribution is 6.30. The molecule has 0 aromatic heterocycles. The Morgan fingerprint density at radius 1 is 1.42 bits per heavy atom. The Labute approximate surface area is 77.5 Å². The maximum absolute atomic E-state index is 5.94. The SMILES string of the molecule is Cc1cc(Cl)cc(C2CC2)c1N. The van der Waals surface area contributed by atoms with Crippen LogP contribution in [0.3, 0.4) is 0 Å². The maximum Gasteiger partial charge on any atom is 0.0412 e. The van der Waals surface area contributed by atoms with Gasteiger partial charge in [-0.2, -0.15) is 0 Å². The topological polar surface area (TPSA) is 26.0 Å². The van der Waals surface area contributed by atoms with Gasteiger partial charge in [-0.15, -0.1) is 0 Å². The van der Waals surface area contributed by atoms with Crippen molar-refractivity contribution in [2.75, 3.05) is 5.73 Å². The molecule has 0 amide bonds. The first kappa shape index (κ1) is 7.93. The number of benzene rings is 1. The fourth-order valence-corrected chi connectivity index (χ4v) is 1.79. The Morgan fingerprint density at radius 2 is 2.08 bits per heavy atom. The summed E-state index contributed by atoms with van der Waals surface area (Å²) in [4.78, 5) is 0. The van der Waals surface area contributed by atoms with Gasteiger partial charge in [-0.1, -0.05) is 11.6 Å². The van der Waals surface area contributed by atoms with Crippen LogP contribution in [0.25, 0.3) is 0 Å². The third-order valence-electron chi connectivity index (χ3n) is 2.40. The normalized spacial score (nSPS) is 16.5. The first-order chi connectivity index (χ1) is 5.68. The van der Waals surface area contributed by atoms with E-state index in [1.807, 2.05) is 19.1 Å². The van der Waals surface area contributed by atoms with Gasteiger partial charge in [0.2, 0.25) is 0 Å². The first-order valence-corrected chi connectivity index (χ1v) is 4.62. The molecular formula is C10H12ClN. The zero-order valence-electron chi connectivity index (χ0n) is 7.10. The molecule has 64 valence electrons. The molecular weight excluding hydrogens is 170 g/mol. The van der Waals surface area contributed by atoms with Gasteiger partial charge in [-0.05, 0) is 48.9 Å². The summed E-state index contributed by atoms with van der Waals surface area (Å²) in [6.45, 7) is 2.01. The van der Waals surface area contributed by atoms with E-state index in [4.69, 9.17) is 17.3 Å². The van der Waals surface area contributed by atoms with Gasteiger partial charge in [0, 0.05) is 10.7 Å². The second kappa shape index (κ2) is 2.67. The third-order valence-corrected chi connectivity index (χ3v) is 2.62. The number of halogens is 1. The van der Waals surface area contributed by atoms with E-state index in [2.05, 4.69) is 0 Å². The lowest BCUT2D eigenvalue weighted by molar-refractivity contribution is 1.13. The van der Waals surface area contributed by atoms with Crippen LogP contribution in [0, 0.1) is 6.92 Å². The minimum Gasteiger partial charge on any atom is -0.398 e. The highest BCUT2D eigenvalue weighted by Crippen LogP contribution is 2.44. The summed E-state index contributed by atoms with van der Waals surface area (Å²) in [7, 11) is 0. The molecule has 1 aliphatic rings. The van der Waals surface area contributed by atoms with E-state index in [0.29, 0.717) is 5.92 Å². The number of aryl methyl sites for hydroxylation is 1. The van der Waals surface area contributed by atoms with Gasteiger partial charge in [0.25, 0.3) is 0 Å². The van der Waals surface area contributed by atoms with Crippen molar-refractivity contribution in [1.29, 1.82) is 0 Å². The Bertz CT molecular complexity index is 316. The van der Waals surface area contributed by atoms with Gasteiger partial charge in [0.1, 0.15) is 0 Å². The van der Waals surface area contributed by atoms with Gasteiger partial charge < -0.3 is 5.73 Å². The summed E-state index contributed by atoms with van der Waals surface area (Å²) in [5.74, 6) is 0.683. The molecule has 0 unspecified atom stereocenters. The molecule has 2 N–H and O–H groups in total. The Morgan fingerprint density at radius 3 is 2.67 bits per heavy atom. The average Bonchev–Trinajstić information content (AvgIpc) is 2.79. The van der Waals surface area contributed by atoms with Crippen LogP contribution < -0.4 is 5.73 Å². The Hall–Kier alpha value is -0.690. The molecule has 12 heavy (non-hydrogen) atoms. The molecule has 1 aromatic rings. The minimum absolute atomic E-state index is 0.683. The fourth-order valence-electron chi connectivity index (χ4n) is 1.51. The van der Waals surface area contributed by atoms with Crippen LogP contribution in [0.5, 0.6) is 0 Å². The van der Waals surface area contributed by atoms with E-state index in [9.17, 15) is 0 Å². The van der Waals surface area contributed by atoms with Crippen LogP contribution in [-0.2, 0) is 0 Å². The number of nitrogen functional groups attached to an aromatic ring is 1. The minimum atomic E-state index is 0.683. The number of hydrogen-bond donors (Lipinski definition) is 1. The van der Waals surface area contributed by atoms with Gasteiger partial charge in [0.15, 0.2) is 0 Å². The van der Waals surface area contributed by atoms with E-state index < -0.39 is 0 Å². The van der Waals surface area contributed by atoms with Gasteiger partial charge in [-0.3, -0.25) is 0 Å². The van der Waals surface area contributed by atoms with Crippen molar-refractivity contribution in [2.45, 2.75) is 25.7 Å². The van der Waals surface area contributed by atoms with Crippen molar-refractivity contribution in [3.05, 3.63) is 28.3 Å². The van der Waals surface area contributed by atoms with E-state index in [0.717, 1.165) is 16.3 Å². The summed E-state index contributed by atoms with van der Waals surface area (Å²) in [5, 5.41) is 0.809. The summed E-state index contributed by atoms with van der Waals surface area (Å²) in [6, 6.07) is 3.92. The molecule has 0 bridgehead atoms. The molecule has 1 saturated carbocycles. The molecule has 1 aromatic carbocycles. The quantitative estimate of drug-likeness (QED) is 0.662. The van der Waals surface area contributed by atoms with Crippen molar-refractivity contribution in [1.82, 2.24) is 0 Å². The second-order valence-electron chi connectivity index (χ2n) is 3.50. The largest absolute Gasteiger partial charge is 0.398 e.